The Morgan fingerprint density at radius 3 is 2.85 bits per heavy atom. The van der Waals surface area contributed by atoms with E-state index in [1.807, 2.05) is 48.4 Å². The third-order valence-corrected chi connectivity index (χ3v) is 7.77. The summed E-state index contributed by atoms with van der Waals surface area (Å²) in [7, 11) is 0. The standard InChI is InChI=1S/C25H23N5O2S2/c1-3-21-27-15(2)23(34-21)24(32)29-25-28-19(14-33-25)17-6-8-20-18(11-17)7-9-22(31)30(20)13-16-5-4-10-26-12-16/h4-6,8,10-12,14H,3,7,9,13H2,1-2H3,(H,28,29,32). The smallest absolute Gasteiger partial charge is 0.269 e. The van der Waals surface area contributed by atoms with E-state index in [9.17, 15) is 9.59 Å². The Balaban J connectivity index is 1.35. The Morgan fingerprint density at radius 2 is 2.09 bits per heavy atom. The number of fused-ring (bicyclic) bond motifs is 1. The van der Waals surface area contributed by atoms with Crippen LogP contribution in [0.15, 0.2) is 48.1 Å². The predicted octanol–water partition coefficient (Wildman–Crippen LogP) is 5.26. The minimum Gasteiger partial charge on any atom is -0.308 e. The third kappa shape index (κ3) is 4.49. The van der Waals surface area contributed by atoms with E-state index in [2.05, 4.69) is 26.3 Å². The predicted molar refractivity (Wildman–Crippen MR) is 135 cm³/mol. The van der Waals surface area contributed by atoms with Crippen molar-refractivity contribution in [1.29, 1.82) is 0 Å². The van der Waals surface area contributed by atoms with Gasteiger partial charge in [0.1, 0.15) is 4.88 Å². The number of aromatic nitrogens is 3. The highest BCUT2D eigenvalue weighted by atomic mass is 32.1. The molecule has 0 unspecified atom stereocenters. The second kappa shape index (κ2) is 9.44. The average molecular weight is 490 g/mol. The quantitative estimate of drug-likeness (QED) is 0.399. The first kappa shape index (κ1) is 22.4. The van der Waals surface area contributed by atoms with E-state index in [0.29, 0.717) is 29.4 Å². The Hall–Kier alpha value is -3.43. The molecule has 0 radical (unpaired) electrons. The molecule has 4 heterocycles. The summed E-state index contributed by atoms with van der Waals surface area (Å²) in [6.45, 7) is 4.38. The van der Waals surface area contributed by atoms with Gasteiger partial charge in [0.15, 0.2) is 5.13 Å². The minimum atomic E-state index is -0.175. The van der Waals surface area contributed by atoms with Gasteiger partial charge in [-0.3, -0.25) is 19.9 Å². The zero-order chi connectivity index (χ0) is 23.7. The van der Waals surface area contributed by atoms with Gasteiger partial charge >= 0.3 is 0 Å². The number of aryl methyl sites for hydroxylation is 3. The monoisotopic (exact) mass is 489 g/mol. The molecule has 0 saturated heterocycles. The highest BCUT2D eigenvalue weighted by Crippen LogP contribution is 2.34. The van der Waals surface area contributed by atoms with E-state index in [1.54, 1.807) is 12.4 Å². The van der Waals surface area contributed by atoms with Crippen LogP contribution in [0.25, 0.3) is 11.3 Å². The van der Waals surface area contributed by atoms with Crippen molar-refractivity contribution in [2.24, 2.45) is 0 Å². The number of carbonyl (C=O) groups excluding carboxylic acids is 2. The van der Waals surface area contributed by atoms with Crippen molar-refractivity contribution in [1.82, 2.24) is 15.0 Å². The van der Waals surface area contributed by atoms with Crippen LogP contribution in [-0.2, 0) is 24.2 Å². The van der Waals surface area contributed by atoms with Crippen LogP contribution in [0, 0.1) is 6.92 Å². The number of hydrogen-bond acceptors (Lipinski definition) is 7. The maximum absolute atomic E-state index is 12.7. The van der Waals surface area contributed by atoms with E-state index >= 15 is 0 Å². The lowest BCUT2D eigenvalue weighted by Gasteiger charge is -2.29. The van der Waals surface area contributed by atoms with Crippen LogP contribution in [0.1, 0.15) is 44.8 Å². The number of pyridine rings is 1. The molecule has 0 spiro atoms. The summed E-state index contributed by atoms with van der Waals surface area (Å²) >= 11 is 2.82. The molecular weight excluding hydrogens is 466 g/mol. The number of rotatable bonds is 6. The normalized spacial score (nSPS) is 13.1. The fourth-order valence-electron chi connectivity index (χ4n) is 4.00. The first-order valence-electron chi connectivity index (χ1n) is 11.1. The van der Waals surface area contributed by atoms with Gasteiger partial charge in [-0.25, -0.2) is 9.97 Å². The molecule has 3 aromatic heterocycles. The van der Waals surface area contributed by atoms with Gasteiger partial charge in [-0.15, -0.1) is 22.7 Å². The molecule has 1 aliphatic rings. The summed E-state index contributed by atoms with van der Waals surface area (Å²) in [4.78, 5) is 41.0. The molecule has 0 atom stereocenters. The molecule has 34 heavy (non-hydrogen) atoms. The SMILES string of the molecule is CCc1nc(C)c(C(=O)Nc2nc(-c3ccc4c(c3)CCC(=O)N4Cc3cccnc3)cs2)s1. The lowest BCUT2D eigenvalue weighted by molar-refractivity contribution is -0.119. The molecule has 172 valence electrons. The zero-order valence-corrected chi connectivity index (χ0v) is 20.5. The molecule has 2 amide bonds. The summed E-state index contributed by atoms with van der Waals surface area (Å²) in [6.07, 6.45) is 5.50. The van der Waals surface area contributed by atoms with E-state index in [1.165, 1.54) is 22.7 Å². The molecule has 1 N–H and O–H groups in total. The third-order valence-electron chi connectivity index (χ3n) is 5.71. The molecule has 5 rings (SSSR count). The van der Waals surface area contributed by atoms with Crippen molar-refractivity contribution in [2.45, 2.75) is 39.7 Å². The van der Waals surface area contributed by atoms with Gasteiger partial charge in [-0.2, -0.15) is 0 Å². The number of nitrogens with zero attached hydrogens (tertiary/aromatic N) is 4. The number of nitrogens with one attached hydrogen (secondary N) is 1. The Labute approximate surface area is 205 Å². The molecule has 4 aromatic rings. The van der Waals surface area contributed by atoms with Crippen LogP contribution < -0.4 is 10.2 Å². The van der Waals surface area contributed by atoms with Crippen molar-refractivity contribution >= 4 is 45.3 Å². The second-order valence-electron chi connectivity index (χ2n) is 8.05. The van der Waals surface area contributed by atoms with Crippen molar-refractivity contribution in [2.75, 3.05) is 10.2 Å². The lowest BCUT2D eigenvalue weighted by atomic mass is 9.97. The summed E-state index contributed by atoms with van der Waals surface area (Å²) in [5.41, 5.74) is 5.56. The van der Waals surface area contributed by atoms with Crippen LogP contribution >= 0.6 is 22.7 Å². The van der Waals surface area contributed by atoms with Gasteiger partial charge in [-0.1, -0.05) is 19.1 Å². The molecule has 1 aromatic carbocycles. The molecule has 7 nitrogen and oxygen atoms in total. The summed E-state index contributed by atoms with van der Waals surface area (Å²) < 4.78 is 0. The first-order chi connectivity index (χ1) is 16.5. The number of amides is 2. The number of thiazole rings is 2. The summed E-state index contributed by atoms with van der Waals surface area (Å²) in [6, 6.07) is 9.92. The topological polar surface area (TPSA) is 88.1 Å². The highest BCUT2D eigenvalue weighted by Gasteiger charge is 2.25. The van der Waals surface area contributed by atoms with Gasteiger partial charge in [-0.05, 0) is 49.1 Å². The number of carbonyl (C=O) groups is 2. The van der Waals surface area contributed by atoms with Gasteiger partial charge in [0.05, 0.1) is 22.9 Å². The van der Waals surface area contributed by atoms with Crippen LogP contribution in [0.4, 0.5) is 10.8 Å². The number of benzene rings is 1. The van der Waals surface area contributed by atoms with Crippen molar-refractivity contribution in [3.8, 4) is 11.3 Å². The maximum Gasteiger partial charge on any atom is 0.269 e. The number of anilines is 2. The average Bonchev–Trinajstić information content (AvgIpc) is 3.47. The molecule has 9 heteroatoms. The van der Waals surface area contributed by atoms with E-state index < -0.39 is 0 Å². The molecular formula is C25H23N5O2S2. The van der Waals surface area contributed by atoms with E-state index in [4.69, 9.17) is 0 Å². The van der Waals surface area contributed by atoms with Gasteiger partial charge in [0.25, 0.3) is 5.91 Å². The Morgan fingerprint density at radius 1 is 1.21 bits per heavy atom. The van der Waals surface area contributed by atoms with Gasteiger partial charge in [0.2, 0.25) is 5.91 Å². The molecule has 0 fully saturated rings. The Kier molecular flexibility index (Phi) is 6.21. The van der Waals surface area contributed by atoms with Gasteiger partial charge < -0.3 is 4.90 Å². The van der Waals surface area contributed by atoms with E-state index in [0.717, 1.165) is 45.2 Å². The van der Waals surface area contributed by atoms with Crippen LogP contribution in [-0.4, -0.2) is 26.8 Å². The highest BCUT2D eigenvalue weighted by molar-refractivity contribution is 7.15. The fourth-order valence-corrected chi connectivity index (χ4v) is 5.61. The molecule has 0 bridgehead atoms. The lowest BCUT2D eigenvalue weighted by Crippen LogP contribution is -2.34. The summed E-state index contributed by atoms with van der Waals surface area (Å²) in [5.74, 6) is -0.0575. The zero-order valence-electron chi connectivity index (χ0n) is 18.9. The van der Waals surface area contributed by atoms with Crippen LogP contribution in [0.3, 0.4) is 0 Å². The largest absolute Gasteiger partial charge is 0.308 e. The van der Waals surface area contributed by atoms with E-state index in [-0.39, 0.29) is 11.8 Å². The van der Waals surface area contributed by atoms with Crippen molar-refractivity contribution in [3.63, 3.8) is 0 Å². The Bertz CT molecular complexity index is 1360. The van der Waals surface area contributed by atoms with Crippen LogP contribution in [0.2, 0.25) is 0 Å². The first-order valence-corrected chi connectivity index (χ1v) is 12.8. The van der Waals surface area contributed by atoms with Gasteiger partial charge in [0, 0.05) is 35.4 Å². The van der Waals surface area contributed by atoms with Crippen LogP contribution in [0.5, 0.6) is 0 Å². The fraction of sp³-hybridized carbons (Fsp3) is 0.240. The minimum absolute atomic E-state index is 0.118. The maximum atomic E-state index is 12.7. The molecule has 0 saturated carbocycles. The van der Waals surface area contributed by atoms with Crippen molar-refractivity contribution < 1.29 is 9.59 Å². The molecule has 0 aliphatic carbocycles. The number of hydrogen-bond donors (Lipinski definition) is 1. The second-order valence-corrected chi connectivity index (χ2v) is 9.99. The summed E-state index contributed by atoms with van der Waals surface area (Å²) in [5, 5.41) is 6.35. The molecule has 1 aliphatic heterocycles. The van der Waals surface area contributed by atoms with Crippen molar-refractivity contribution in [3.05, 3.63) is 74.8 Å².